The van der Waals surface area contributed by atoms with E-state index in [4.69, 9.17) is 9.84 Å². The molecule has 0 aromatic heterocycles. The first-order valence-electron chi connectivity index (χ1n) is 10.4. The summed E-state index contributed by atoms with van der Waals surface area (Å²) in [5.74, 6) is 0. The molecule has 0 bridgehead atoms. The van der Waals surface area contributed by atoms with Gasteiger partial charge in [-0.25, -0.2) is 0 Å². The van der Waals surface area contributed by atoms with Gasteiger partial charge in [0, 0.05) is 0 Å². The molecule has 3 heteroatoms. The second-order valence-electron chi connectivity index (χ2n) is 7.90. The van der Waals surface area contributed by atoms with Crippen molar-refractivity contribution in [1.29, 1.82) is 0 Å². The quantitative estimate of drug-likeness (QED) is 0.317. The van der Waals surface area contributed by atoms with Crippen LogP contribution in [-0.4, -0.2) is 35.1 Å². The van der Waals surface area contributed by atoms with Crippen molar-refractivity contribution in [3.8, 4) is 0 Å². The lowest BCUT2D eigenvalue weighted by Crippen LogP contribution is -2.30. The summed E-state index contributed by atoms with van der Waals surface area (Å²) in [5.41, 5.74) is -0.200. The van der Waals surface area contributed by atoms with E-state index >= 15 is 0 Å². The minimum absolute atomic E-state index is 0.200. The number of hydrogen-bond donors (Lipinski definition) is 2. The molecular formula is C21H44O3. The normalized spacial score (nSPS) is 13.4. The van der Waals surface area contributed by atoms with Crippen molar-refractivity contribution in [2.24, 2.45) is 0 Å². The Hall–Kier alpha value is -0.120. The third kappa shape index (κ3) is 16.7. The highest BCUT2D eigenvalue weighted by Crippen LogP contribution is 2.20. The highest BCUT2D eigenvalue weighted by molar-refractivity contribution is 4.69. The lowest BCUT2D eigenvalue weighted by Gasteiger charge is -2.26. The first-order valence-corrected chi connectivity index (χ1v) is 10.4. The molecule has 0 fully saturated rings. The molecule has 146 valence electrons. The Bertz CT molecular complexity index is 253. The highest BCUT2D eigenvalue weighted by Gasteiger charge is 2.19. The number of unbranched alkanes of at least 4 members (excludes halogenated alkanes) is 12. The first-order chi connectivity index (χ1) is 11.5. The van der Waals surface area contributed by atoms with E-state index in [1.807, 2.05) is 0 Å². The fourth-order valence-corrected chi connectivity index (χ4v) is 3.02. The zero-order chi connectivity index (χ0) is 18.1. The van der Waals surface area contributed by atoms with Gasteiger partial charge in [0.05, 0.1) is 18.8 Å². The van der Waals surface area contributed by atoms with Crippen LogP contribution in [0, 0.1) is 0 Å². The standard InChI is InChI=1S/C21H44O3/c1-4-5-6-7-8-9-10-11-12-13-14-15-16-17-21(2,3)24-19-20(23)18-22/h20,22-23H,4-19H2,1-3H3. The minimum Gasteiger partial charge on any atom is -0.394 e. The molecule has 3 nitrogen and oxygen atoms in total. The van der Waals surface area contributed by atoms with Gasteiger partial charge in [0.15, 0.2) is 0 Å². The molecule has 0 saturated heterocycles. The lowest BCUT2D eigenvalue weighted by atomic mass is 9.99. The molecule has 0 saturated carbocycles. The average molecular weight is 345 g/mol. The molecule has 0 aromatic carbocycles. The van der Waals surface area contributed by atoms with Crippen LogP contribution in [-0.2, 0) is 4.74 Å². The van der Waals surface area contributed by atoms with E-state index in [0.717, 1.165) is 6.42 Å². The molecular weight excluding hydrogens is 300 g/mol. The summed E-state index contributed by atoms with van der Waals surface area (Å²) in [4.78, 5) is 0. The van der Waals surface area contributed by atoms with Gasteiger partial charge in [-0.1, -0.05) is 90.4 Å². The van der Waals surface area contributed by atoms with Crippen LogP contribution in [0.25, 0.3) is 0 Å². The van der Waals surface area contributed by atoms with Gasteiger partial charge >= 0.3 is 0 Å². The van der Waals surface area contributed by atoms with Crippen LogP contribution < -0.4 is 0 Å². The maximum absolute atomic E-state index is 9.33. The Kier molecular flexibility index (Phi) is 16.3. The summed E-state index contributed by atoms with van der Waals surface area (Å²) in [7, 11) is 0. The lowest BCUT2D eigenvalue weighted by molar-refractivity contribution is -0.0748. The van der Waals surface area contributed by atoms with Crippen LogP contribution in [0.2, 0.25) is 0 Å². The Morgan fingerprint density at radius 2 is 1.17 bits per heavy atom. The fourth-order valence-electron chi connectivity index (χ4n) is 3.02. The topological polar surface area (TPSA) is 49.7 Å². The summed E-state index contributed by atoms with van der Waals surface area (Å²) in [6, 6.07) is 0. The molecule has 0 aliphatic carbocycles. The van der Waals surface area contributed by atoms with Gasteiger partial charge in [0.25, 0.3) is 0 Å². The Morgan fingerprint density at radius 1 is 0.750 bits per heavy atom. The monoisotopic (exact) mass is 344 g/mol. The van der Waals surface area contributed by atoms with Gasteiger partial charge in [-0.2, -0.15) is 0 Å². The van der Waals surface area contributed by atoms with E-state index in [1.54, 1.807) is 0 Å². The average Bonchev–Trinajstić information content (AvgIpc) is 2.57. The van der Waals surface area contributed by atoms with Crippen molar-refractivity contribution in [1.82, 2.24) is 0 Å². The molecule has 0 radical (unpaired) electrons. The zero-order valence-corrected chi connectivity index (χ0v) is 16.7. The number of rotatable bonds is 18. The van der Waals surface area contributed by atoms with Gasteiger partial charge in [-0.15, -0.1) is 0 Å². The molecule has 0 aliphatic heterocycles. The molecule has 1 unspecified atom stereocenters. The van der Waals surface area contributed by atoms with E-state index in [-0.39, 0.29) is 18.8 Å². The van der Waals surface area contributed by atoms with Crippen molar-refractivity contribution in [2.75, 3.05) is 13.2 Å². The first kappa shape index (κ1) is 23.9. The summed E-state index contributed by atoms with van der Waals surface area (Å²) in [6.45, 7) is 6.40. The van der Waals surface area contributed by atoms with Crippen molar-refractivity contribution in [3.63, 3.8) is 0 Å². The molecule has 0 aromatic rings. The predicted molar refractivity (Wildman–Crippen MR) is 103 cm³/mol. The smallest absolute Gasteiger partial charge is 0.100 e. The minimum atomic E-state index is -0.754. The Balaban J connectivity index is 3.29. The van der Waals surface area contributed by atoms with Gasteiger partial charge < -0.3 is 14.9 Å². The number of ether oxygens (including phenoxy) is 1. The summed E-state index contributed by atoms with van der Waals surface area (Å²) in [5, 5.41) is 18.1. The maximum atomic E-state index is 9.33. The Labute approximate surface area is 151 Å². The molecule has 0 spiro atoms. The number of hydrogen-bond acceptors (Lipinski definition) is 3. The second kappa shape index (κ2) is 16.4. The third-order valence-corrected chi connectivity index (χ3v) is 4.76. The molecule has 0 aliphatic rings. The van der Waals surface area contributed by atoms with Gasteiger partial charge in [-0.05, 0) is 20.3 Å². The predicted octanol–water partition coefficient (Wildman–Crippen LogP) is 5.62. The van der Waals surface area contributed by atoms with Crippen LogP contribution in [0.4, 0.5) is 0 Å². The number of aliphatic hydroxyl groups is 2. The van der Waals surface area contributed by atoms with Crippen molar-refractivity contribution in [2.45, 2.75) is 122 Å². The molecule has 0 amide bonds. The largest absolute Gasteiger partial charge is 0.394 e. The Morgan fingerprint density at radius 3 is 1.58 bits per heavy atom. The van der Waals surface area contributed by atoms with Crippen molar-refractivity contribution < 1.29 is 14.9 Å². The molecule has 2 N–H and O–H groups in total. The van der Waals surface area contributed by atoms with Gasteiger partial charge in [-0.3, -0.25) is 0 Å². The van der Waals surface area contributed by atoms with E-state index in [1.165, 1.54) is 83.5 Å². The number of aliphatic hydroxyl groups excluding tert-OH is 2. The van der Waals surface area contributed by atoms with Crippen LogP contribution in [0.15, 0.2) is 0 Å². The summed E-state index contributed by atoms with van der Waals surface area (Å²) in [6.07, 6.45) is 18.1. The van der Waals surface area contributed by atoms with Crippen LogP contribution in [0.1, 0.15) is 111 Å². The molecule has 24 heavy (non-hydrogen) atoms. The van der Waals surface area contributed by atoms with Gasteiger partial charge in [0.2, 0.25) is 0 Å². The second-order valence-corrected chi connectivity index (χ2v) is 7.90. The highest BCUT2D eigenvalue weighted by atomic mass is 16.5. The van der Waals surface area contributed by atoms with Crippen LogP contribution in [0.5, 0.6) is 0 Å². The molecule has 0 rings (SSSR count). The van der Waals surface area contributed by atoms with E-state index in [0.29, 0.717) is 0 Å². The SMILES string of the molecule is CCCCCCCCCCCCCCCC(C)(C)OCC(O)CO. The van der Waals surface area contributed by atoms with E-state index < -0.39 is 6.10 Å². The summed E-state index contributed by atoms with van der Waals surface area (Å²) >= 11 is 0. The molecule has 0 heterocycles. The van der Waals surface area contributed by atoms with Crippen molar-refractivity contribution >= 4 is 0 Å². The van der Waals surface area contributed by atoms with Gasteiger partial charge in [0.1, 0.15) is 6.10 Å². The maximum Gasteiger partial charge on any atom is 0.100 e. The van der Waals surface area contributed by atoms with Crippen LogP contribution >= 0.6 is 0 Å². The fraction of sp³-hybridized carbons (Fsp3) is 1.00. The third-order valence-electron chi connectivity index (χ3n) is 4.76. The van der Waals surface area contributed by atoms with E-state index in [9.17, 15) is 5.11 Å². The van der Waals surface area contributed by atoms with Crippen molar-refractivity contribution in [3.05, 3.63) is 0 Å². The van der Waals surface area contributed by atoms with Crippen LogP contribution in [0.3, 0.4) is 0 Å². The molecule has 1 atom stereocenters. The zero-order valence-electron chi connectivity index (χ0n) is 16.7. The van der Waals surface area contributed by atoms with E-state index in [2.05, 4.69) is 20.8 Å². The summed E-state index contributed by atoms with van der Waals surface area (Å²) < 4.78 is 5.68.